The standard InChI is InChI=1S/C10H13F3N2OS/c1-5(2)4-14-8(16)7-6(3)15-9(17-7)10(11,12)13/h5H,4H2,1-3H3,(H,14,16). The molecule has 1 heterocycles. The number of amides is 1. The van der Waals surface area contributed by atoms with Crippen LogP contribution in [0.25, 0.3) is 0 Å². The van der Waals surface area contributed by atoms with Crippen molar-refractivity contribution in [3.8, 4) is 0 Å². The molecule has 0 saturated carbocycles. The quantitative estimate of drug-likeness (QED) is 0.914. The lowest BCUT2D eigenvalue weighted by Crippen LogP contribution is -2.27. The molecule has 0 radical (unpaired) electrons. The monoisotopic (exact) mass is 266 g/mol. The van der Waals surface area contributed by atoms with E-state index in [2.05, 4.69) is 10.3 Å². The topological polar surface area (TPSA) is 42.0 Å². The van der Waals surface area contributed by atoms with Crippen molar-refractivity contribution in [2.75, 3.05) is 6.54 Å². The van der Waals surface area contributed by atoms with Crippen LogP contribution in [0.3, 0.4) is 0 Å². The van der Waals surface area contributed by atoms with Crippen LogP contribution < -0.4 is 5.32 Å². The Morgan fingerprint density at radius 2 is 2.06 bits per heavy atom. The molecule has 96 valence electrons. The van der Waals surface area contributed by atoms with Crippen LogP contribution in [0.5, 0.6) is 0 Å². The van der Waals surface area contributed by atoms with E-state index in [4.69, 9.17) is 0 Å². The van der Waals surface area contributed by atoms with E-state index < -0.39 is 17.1 Å². The van der Waals surface area contributed by atoms with Crippen LogP contribution in [-0.4, -0.2) is 17.4 Å². The molecule has 0 aromatic carbocycles. The van der Waals surface area contributed by atoms with Gasteiger partial charge in [0.25, 0.3) is 5.91 Å². The van der Waals surface area contributed by atoms with E-state index >= 15 is 0 Å². The number of halogens is 3. The largest absolute Gasteiger partial charge is 0.443 e. The fraction of sp³-hybridized carbons (Fsp3) is 0.600. The summed E-state index contributed by atoms with van der Waals surface area (Å²) in [5, 5.41) is 1.59. The number of alkyl halides is 3. The normalized spacial score (nSPS) is 11.9. The van der Waals surface area contributed by atoms with Gasteiger partial charge >= 0.3 is 6.18 Å². The first-order valence-electron chi connectivity index (χ1n) is 5.04. The number of thiazole rings is 1. The first-order chi connectivity index (χ1) is 7.71. The lowest BCUT2D eigenvalue weighted by Gasteiger charge is -2.06. The second kappa shape index (κ2) is 5.03. The Hall–Kier alpha value is -1.11. The van der Waals surface area contributed by atoms with Crippen LogP contribution in [0.15, 0.2) is 0 Å². The Morgan fingerprint density at radius 3 is 2.47 bits per heavy atom. The minimum atomic E-state index is -4.49. The number of carbonyl (C=O) groups excluding carboxylic acids is 1. The van der Waals surface area contributed by atoms with Gasteiger partial charge in [-0.1, -0.05) is 13.8 Å². The molecule has 1 N–H and O–H groups in total. The highest BCUT2D eigenvalue weighted by Crippen LogP contribution is 2.33. The summed E-state index contributed by atoms with van der Waals surface area (Å²) in [6.45, 7) is 5.63. The third kappa shape index (κ3) is 3.69. The van der Waals surface area contributed by atoms with Gasteiger partial charge in [0.1, 0.15) is 4.88 Å². The summed E-state index contributed by atoms with van der Waals surface area (Å²) in [4.78, 5) is 15.0. The van der Waals surface area contributed by atoms with Crippen molar-refractivity contribution in [1.82, 2.24) is 10.3 Å². The molecule has 1 amide bonds. The predicted molar refractivity (Wildman–Crippen MR) is 59.0 cm³/mol. The molecule has 17 heavy (non-hydrogen) atoms. The zero-order valence-corrected chi connectivity index (χ0v) is 10.5. The molecule has 0 aliphatic rings. The highest BCUT2D eigenvalue weighted by Gasteiger charge is 2.36. The van der Waals surface area contributed by atoms with Gasteiger partial charge in [-0.25, -0.2) is 4.98 Å². The number of hydrogen-bond donors (Lipinski definition) is 1. The molecule has 0 bridgehead atoms. The molecule has 7 heteroatoms. The van der Waals surface area contributed by atoms with Gasteiger partial charge in [-0.15, -0.1) is 11.3 Å². The second-order valence-corrected chi connectivity index (χ2v) is 5.03. The molecule has 3 nitrogen and oxygen atoms in total. The van der Waals surface area contributed by atoms with Crippen molar-refractivity contribution in [2.24, 2.45) is 5.92 Å². The van der Waals surface area contributed by atoms with E-state index in [-0.39, 0.29) is 16.5 Å². The van der Waals surface area contributed by atoms with Gasteiger partial charge in [0.15, 0.2) is 5.01 Å². The van der Waals surface area contributed by atoms with Gasteiger partial charge in [-0.05, 0) is 12.8 Å². The first-order valence-corrected chi connectivity index (χ1v) is 5.86. The molecule has 0 fully saturated rings. The maximum absolute atomic E-state index is 12.4. The number of aryl methyl sites for hydroxylation is 1. The van der Waals surface area contributed by atoms with Crippen molar-refractivity contribution in [3.63, 3.8) is 0 Å². The van der Waals surface area contributed by atoms with Crippen molar-refractivity contribution in [2.45, 2.75) is 26.9 Å². The molecule has 0 spiro atoms. The van der Waals surface area contributed by atoms with Crippen molar-refractivity contribution < 1.29 is 18.0 Å². The van der Waals surface area contributed by atoms with Gasteiger partial charge in [-0.3, -0.25) is 4.79 Å². The van der Waals surface area contributed by atoms with E-state index in [1.54, 1.807) is 0 Å². The van der Waals surface area contributed by atoms with E-state index in [0.717, 1.165) is 0 Å². The third-order valence-corrected chi connectivity index (χ3v) is 3.12. The molecule has 1 rings (SSSR count). The Labute approximate surface area is 101 Å². The van der Waals surface area contributed by atoms with E-state index in [0.29, 0.717) is 17.9 Å². The van der Waals surface area contributed by atoms with Crippen molar-refractivity contribution in [3.05, 3.63) is 15.6 Å². The highest BCUT2D eigenvalue weighted by molar-refractivity contribution is 7.13. The van der Waals surface area contributed by atoms with Gasteiger partial charge in [0.2, 0.25) is 0 Å². The fourth-order valence-corrected chi connectivity index (χ4v) is 1.96. The van der Waals surface area contributed by atoms with Crippen molar-refractivity contribution in [1.29, 1.82) is 0 Å². The average Bonchev–Trinajstić information content (AvgIpc) is 2.56. The van der Waals surface area contributed by atoms with Crippen LogP contribution in [0.1, 0.15) is 34.2 Å². The summed E-state index contributed by atoms with van der Waals surface area (Å²) >= 11 is 0.378. The lowest BCUT2D eigenvalue weighted by atomic mass is 10.2. The van der Waals surface area contributed by atoms with Crippen LogP contribution in [0, 0.1) is 12.8 Å². The second-order valence-electron chi connectivity index (χ2n) is 4.04. The predicted octanol–water partition coefficient (Wildman–Crippen LogP) is 2.86. The molecule has 1 aromatic heterocycles. The summed E-state index contributed by atoms with van der Waals surface area (Å²) in [6.07, 6.45) is -4.49. The molecule has 0 aliphatic heterocycles. The number of carbonyl (C=O) groups is 1. The van der Waals surface area contributed by atoms with Gasteiger partial charge < -0.3 is 5.32 Å². The Morgan fingerprint density at radius 1 is 1.47 bits per heavy atom. The maximum atomic E-state index is 12.4. The Balaban J connectivity index is 2.85. The third-order valence-electron chi connectivity index (χ3n) is 1.92. The van der Waals surface area contributed by atoms with E-state index in [9.17, 15) is 18.0 Å². The van der Waals surface area contributed by atoms with Gasteiger partial charge in [0.05, 0.1) is 5.69 Å². The molecule has 0 aliphatic carbocycles. The van der Waals surface area contributed by atoms with E-state index in [1.807, 2.05) is 13.8 Å². The number of rotatable bonds is 3. The van der Waals surface area contributed by atoms with Crippen LogP contribution in [0.4, 0.5) is 13.2 Å². The fourth-order valence-electron chi connectivity index (χ4n) is 1.11. The molecular weight excluding hydrogens is 253 g/mol. The summed E-state index contributed by atoms with van der Waals surface area (Å²) in [7, 11) is 0. The molecule has 1 aromatic rings. The number of aromatic nitrogens is 1. The first kappa shape index (κ1) is 14.0. The minimum Gasteiger partial charge on any atom is -0.351 e. The summed E-state index contributed by atoms with van der Waals surface area (Å²) in [6, 6.07) is 0. The van der Waals surface area contributed by atoms with Crippen LogP contribution in [-0.2, 0) is 6.18 Å². The molecule has 0 saturated heterocycles. The Bertz CT molecular complexity index is 412. The Kier molecular flexibility index (Phi) is 4.13. The van der Waals surface area contributed by atoms with Gasteiger partial charge in [0, 0.05) is 6.54 Å². The molecular formula is C10H13F3N2OS. The summed E-state index contributed by atoms with van der Waals surface area (Å²) in [5.74, 6) is -0.251. The van der Waals surface area contributed by atoms with E-state index in [1.165, 1.54) is 6.92 Å². The number of hydrogen-bond acceptors (Lipinski definition) is 3. The van der Waals surface area contributed by atoms with Crippen LogP contribution in [0.2, 0.25) is 0 Å². The SMILES string of the molecule is Cc1nc(C(F)(F)F)sc1C(=O)NCC(C)C. The number of nitrogens with zero attached hydrogens (tertiary/aromatic N) is 1. The smallest absolute Gasteiger partial charge is 0.351 e. The minimum absolute atomic E-state index is 0.0259. The number of nitrogens with one attached hydrogen (secondary N) is 1. The summed E-state index contributed by atoms with van der Waals surface area (Å²) < 4.78 is 37.1. The molecule has 0 unspecified atom stereocenters. The lowest BCUT2D eigenvalue weighted by molar-refractivity contribution is -0.137. The van der Waals surface area contributed by atoms with Crippen LogP contribution >= 0.6 is 11.3 Å². The molecule has 0 atom stereocenters. The zero-order valence-electron chi connectivity index (χ0n) is 9.68. The maximum Gasteiger partial charge on any atom is 0.443 e. The summed E-state index contributed by atoms with van der Waals surface area (Å²) in [5.41, 5.74) is 0.114. The van der Waals surface area contributed by atoms with Gasteiger partial charge in [-0.2, -0.15) is 13.2 Å². The average molecular weight is 266 g/mol. The zero-order chi connectivity index (χ0) is 13.2. The van der Waals surface area contributed by atoms with Crippen molar-refractivity contribution >= 4 is 17.2 Å². The highest BCUT2D eigenvalue weighted by atomic mass is 32.1.